The highest BCUT2D eigenvalue weighted by atomic mass is 14.9. The molecule has 1 aliphatic rings. The topological polar surface area (TPSA) is 25.8 Å². The zero-order chi connectivity index (χ0) is 35.5. The number of nitrogens with zero attached hydrogens (tertiary/aromatic N) is 2. The van der Waals surface area contributed by atoms with Crippen molar-refractivity contribution >= 4 is 21.5 Å². The predicted molar refractivity (Wildman–Crippen MR) is 222 cm³/mol. The Kier molecular flexibility index (Phi) is 7.19. The zero-order valence-electron chi connectivity index (χ0n) is 29.7. The van der Waals surface area contributed by atoms with Crippen molar-refractivity contribution in [2.24, 2.45) is 0 Å². The van der Waals surface area contributed by atoms with Crippen LogP contribution in [0.2, 0.25) is 0 Å². The first kappa shape index (κ1) is 31.1. The van der Waals surface area contributed by atoms with E-state index in [0.717, 1.165) is 33.6 Å². The van der Waals surface area contributed by atoms with E-state index in [4.69, 9.17) is 9.97 Å². The lowest BCUT2D eigenvalue weighted by molar-refractivity contribution is 0.668. The van der Waals surface area contributed by atoms with E-state index in [0.29, 0.717) is 5.82 Å². The quantitative estimate of drug-likeness (QED) is 0.181. The molecule has 8 aromatic carbocycles. The monoisotopic (exact) mass is 676 g/mol. The van der Waals surface area contributed by atoms with Crippen molar-refractivity contribution in [1.82, 2.24) is 9.97 Å². The van der Waals surface area contributed by atoms with E-state index in [9.17, 15) is 0 Å². The van der Waals surface area contributed by atoms with Gasteiger partial charge in [-0.25, -0.2) is 9.97 Å². The third-order valence-electron chi connectivity index (χ3n) is 11.0. The first-order valence-corrected chi connectivity index (χ1v) is 18.3. The Morgan fingerprint density at radius 1 is 0.340 bits per heavy atom. The lowest BCUT2D eigenvalue weighted by atomic mass is 9.77. The van der Waals surface area contributed by atoms with Crippen molar-refractivity contribution in [3.63, 3.8) is 0 Å². The molecule has 0 radical (unpaired) electrons. The van der Waals surface area contributed by atoms with Crippen molar-refractivity contribution < 1.29 is 0 Å². The summed E-state index contributed by atoms with van der Waals surface area (Å²) in [6.07, 6.45) is 0. The number of hydrogen-bond donors (Lipinski definition) is 0. The fourth-order valence-electron chi connectivity index (χ4n) is 8.66. The molecule has 0 bridgehead atoms. The van der Waals surface area contributed by atoms with Crippen LogP contribution in [0.1, 0.15) is 25.0 Å². The second-order valence-corrected chi connectivity index (χ2v) is 14.5. The van der Waals surface area contributed by atoms with Gasteiger partial charge in [-0.2, -0.15) is 0 Å². The Morgan fingerprint density at radius 3 is 1.64 bits per heavy atom. The van der Waals surface area contributed by atoms with E-state index in [2.05, 4.69) is 178 Å². The third kappa shape index (κ3) is 5.10. The molecule has 0 amide bonds. The maximum atomic E-state index is 5.26. The molecule has 0 saturated heterocycles. The lowest BCUT2D eigenvalue weighted by Crippen LogP contribution is -2.17. The predicted octanol–water partition coefficient (Wildman–Crippen LogP) is 13.4. The molecule has 1 heterocycles. The van der Waals surface area contributed by atoms with Crippen LogP contribution >= 0.6 is 0 Å². The van der Waals surface area contributed by atoms with E-state index in [-0.39, 0.29) is 5.41 Å². The van der Waals surface area contributed by atoms with Crippen molar-refractivity contribution in [2.45, 2.75) is 19.3 Å². The molecule has 0 unspecified atom stereocenters. The van der Waals surface area contributed by atoms with Gasteiger partial charge in [0.2, 0.25) is 0 Å². The second kappa shape index (κ2) is 12.3. The van der Waals surface area contributed by atoms with E-state index in [1.165, 1.54) is 60.5 Å². The molecular formula is C51H36N2. The van der Waals surface area contributed by atoms with Crippen LogP contribution in [0.15, 0.2) is 182 Å². The largest absolute Gasteiger partial charge is 0.228 e. The van der Waals surface area contributed by atoms with Crippen LogP contribution in [-0.4, -0.2) is 9.97 Å². The fraction of sp³-hybridized carbons (Fsp3) is 0.0588. The van der Waals surface area contributed by atoms with Gasteiger partial charge < -0.3 is 0 Å². The molecule has 2 nitrogen and oxygen atoms in total. The summed E-state index contributed by atoms with van der Waals surface area (Å²) in [7, 11) is 0. The number of benzene rings is 8. The van der Waals surface area contributed by atoms with Gasteiger partial charge in [0.1, 0.15) is 0 Å². The van der Waals surface area contributed by atoms with E-state index in [1.807, 2.05) is 18.2 Å². The van der Waals surface area contributed by atoms with Gasteiger partial charge in [0, 0.05) is 22.1 Å². The molecular weight excluding hydrogens is 641 g/mol. The van der Waals surface area contributed by atoms with Crippen LogP contribution in [0.4, 0.5) is 0 Å². The first-order chi connectivity index (χ1) is 26.0. The van der Waals surface area contributed by atoms with Crippen molar-refractivity contribution in [1.29, 1.82) is 0 Å². The van der Waals surface area contributed by atoms with E-state index < -0.39 is 0 Å². The molecule has 250 valence electrons. The molecule has 0 spiro atoms. The Balaban J connectivity index is 1.16. The summed E-state index contributed by atoms with van der Waals surface area (Å²) in [5.74, 6) is 0.712. The highest BCUT2D eigenvalue weighted by molar-refractivity contribution is 6.07. The summed E-state index contributed by atoms with van der Waals surface area (Å²) in [5, 5.41) is 5.00. The summed E-state index contributed by atoms with van der Waals surface area (Å²) in [6, 6.07) is 65.3. The van der Waals surface area contributed by atoms with E-state index in [1.54, 1.807) is 0 Å². The summed E-state index contributed by atoms with van der Waals surface area (Å²) in [5.41, 5.74) is 15.1. The Morgan fingerprint density at radius 2 is 0.868 bits per heavy atom. The van der Waals surface area contributed by atoms with Crippen molar-refractivity contribution in [3.8, 4) is 67.3 Å². The molecule has 1 aliphatic carbocycles. The van der Waals surface area contributed by atoms with Gasteiger partial charge in [0.05, 0.1) is 11.4 Å². The van der Waals surface area contributed by atoms with Gasteiger partial charge in [-0.05, 0) is 78.2 Å². The molecule has 2 heteroatoms. The minimum Gasteiger partial charge on any atom is -0.228 e. The smallest absolute Gasteiger partial charge is 0.160 e. The minimum absolute atomic E-state index is 0.178. The van der Waals surface area contributed by atoms with Gasteiger partial charge in [0.15, 0.2) is 5.82 Å². The number of aromatic nitrogens is 2. The highest BCUT2D eigenvalue weighted by Crippen LogP contribution is 2.55. The molecule has 0 fully saturated rings. The van der Waals surface area contributed by atoms with E-state index >= 15 is 0 Å². The SMILES string of the molecule is CC1(C)c2c(cccc2-c2ccc(-c3cc(-c4cccc(-c5ccccc5)c4)nc(-c4ccccc4)n3)c3ccccc23)-c2ccc3ccccc3c21. The molecule has 0 saturated carbocycles. The van der Waals surface area contributed by atoms with Crippen LogP contribution in [0, 0.1) is 0 Å². The van der Waals surface area contributed by atoms with Gasteiger partial charge in [-0.3, -0.25) is 0 Å². The molecule has 10 rings (SSSR count). The molecule has 0 N–H and O–H groups in total. The fourth-order valence-corrected chi connectivity index (χ4v) is 8.66. The Bertz CT molecular complexity index is 2850. The minimum atomic E-state index is -0.178. The van der Waals surface area contributed by atoms with Crippen LogP contribution < -0.4 is 0 Å². The Labute approximate surface area is 310 Å². The third-order valence-corrected chi connectivity index (χ3v) is 11.0. The summed E-state index contributed by atoms with van der Waals surface area (Å²) >= 11 is 0. The number of fused-ring (bicyclic) bond motifs is 6. The van der Waals surface area contributed by atoms with Crippen LogP contribution in [-0.2, 0) is 5.41 Å². The average Bonchev–Trinajstić information content (AvgIpc) is 3.47. The maximum Gasteiger partial charge on any atom is 0.160 e. The number of rotatable bonds is 5. The normalized spacial score (nSPS) is 12.9. The molecule has 0 aliphatic heterocycles. The number of hydrogen-bond acceptors (Lipinski definition) is 2. The first-order valence-electron chi connectivity index (χ1n) is 18.3. The summed E-state index contributed by atoms with van der Waals surface area (Å²) < 4.78 is 0. The van der Waals surface area contributed by atoms with Crippen LogP contribution in [0.5, 0.6) is 0 Å². The van der Waals surface area contributed by atoms with Gasteiger partial charge in [-0.15, -0.1) is 0 Å². The molecule has 0 atom stereocenters. The van der Waals surface area contributed by atoms with Gasteiger partial charge in [0.25, 0.3) is 0 Å². The lowest BCUT2D eigenvalue weighted by Gasteiger charge is -2.26. The molecule has 53 heavy (non-hydrogen) atoms. The van der Waals surface area contributed by atoms with Crippen LogP contribution in [0.3, 0.4) is 0 Å². The standard InChI is InChI=1S/C51H36N2/c1-51(2)48-38-22-10-9-17-34(38)27-28-45(48)44-26-14-25-43(49(44)51)41-29-30-42(40-24-12-11-23-39(40)41)47-32-46(52-50(53-47)35-18-7-4-8-19-35)37-21-13-20-36(31-37)33-15-5-3-6-16-33/h3-32H,1-2H3. The highest BCUT2D eigenvalue weighted by Gasteiger charge is 2.39. The summed E-state index contributed by atoms with van der Waals surface area (Å²) in [4.78, 5) is 10.4. The second-order valence-electron chi connectivity index (χ2n) is 14.5. The van der Waals surface area contributed by atoms with Crippen LogP contribution in [0.25, 0.3) is 88.8 Å². The Hall–Kier alpha value is -6.64. The molecule has 1 aromatic heterocycles. The maximum absolute atomic E-state index is 5.26. The zero-order valence-corrected chi connectivity index (χ0v) is 29.7. The molecule has 9 aromatic rings. The van der Waals surface area contributed by atoms with Crippen molar-refractivity contribution in [2.75, 3.05) is 0 Å². The van der Waals surface area contributed by atoms with Crippen molar-refractivity contribution in [3.05, 3.63) is 193 Å². The average molecular weight is 677 g/mol. The van der Waals surface area contributed by atoms with Gasteiger partial charge >= 0.3 is 0 Å². The summed E-state index contributed by atoms with van der Waals surface area (Å²) in [6.45, 7) is 4.79. The van der Waals surface area contributed by atoms with Gasteiger partial charge in [-0.1, -0.05) is 184 Å².